The van der Waals surface area contributed by atoms with Gasteiger partial charge >= 0.3 is 0 Å². The average molecular weight is 427 g/mol. The molecule has 0 spiro atoms. The lowest BCUT2D eigenvalue weighted by atomic mass is 10.1. The van der Waals surface area contributed by atoms with Gasteiger partial charge in [0.05, 0.1) is 29.8 Å². The fourth-order valence-electron chi connectivity index (χ4n) is 2.60. The van der Waals surface area contributed by atoms with E-state index in [0.29, 0.717) is 28.3 Å². The highest BCUT2D eigenvalue weighted by molar-refractivity contribution is 7.92. The molecule has 0 atom stereocenters. The summed E-state index contributed by atoms with van der Waals surface area (Å²) in [5.41, 5.74) is 1.35. The minimum atomic E-state index is -3.39. The van der Waals surface area contributed by atoms with E-state index >= 15 is 0 Å². The van der Waals surface area contributed by atoms with Crippen LogP contribution in [0.3, 0.4) is 0 Å². The zero-order valence-corrected chi connectivity index (χ0v) is 17.0. The van der Waals surface area contributed by atoms with Crippen LogP contribution in [-0.2, 0) is 16.6 Å². The fraction of sp³-hybridized carbons (Fsp3) is 0.143. The fourth-order valence-corrected chi connectivity index (χ4v) is 3.24. The summed E-state index contributed by atoms with van der Waals surface area (Å²) in [4.78, 5) is 25.1. The van der Waals surface area contributed by atoms with Gasteiger partial charge in [0.2, 0.25) is 10.0 Å². The molecule has 3 N–H and O–H groups in total. The van der Waals surface area contributed by atoms with Crippen molar-refractivity contribution in [3.8, 4) is 0 Å². The second kappa shape index (κ2) is 9.27. The maximum Gasteiger partial charge on any atom is 0.255 e. The van der Waals surface area contributed by atoms with E-state index in [-0.39, 0.29) is 18.2 Å². The van der Waals surface area contributed by atoms with Crippen LogP contribution in [0.2, 0.25) is 0 Å². The third kappa shape index (κ3) is 5.48. The number of hydrogen-bond acceptors (Lipinski definition) is 5. The Morgan fingerprint density at radius 3 is 2.33 bits per heavy atom. The molecule has 0 unspecified atom stereocenters. The van der Waals surface area contributed by atoms with E-state index in [1.807, 2.05) is 0 Å². The smallest absolute Gasteiger partial charge is 0.255 e. The van der Waals surface area contributed by atoms with Crippen LogP contribution in [0.4, 0.5) is 11.4 Å². The Kier molecular flexibility index (Phi) is 6.53. The molecular weight excluding hydrogens is 406 g/mol. The third-order valence-corrected chi connectivity index (χ3v) is 5.53. The Morgan fingerprint density at radius 1 is 0.933 bits per heavy atom. The lowest BCUT2D eigenvalue weighted by Crippen LogP contribution is -2.24. The summed E-state index contributed by atoms with van der Waals surface area (Å²) >= 11 is 0. The monoisotopic (exact) mass is 427 g/mol. The first-order chi connectivity index (χ1) is 14.4. The second-order valence-corrected chi connectivity index (χ2v) is 8.36. The molecule has 0 aliphatic rings. The molecule has 1 heterocycles. The molecule has 0 saturated heterocycles. The Morgan fingerprint density at radius 2 is 1.67 bits per heavy atom. The molecule has 0 radical (unpaired) electrons. The van der Waals surface area contributed by atoms with E-state index in [2.05, 4.69) is 15.4 Å². The van der Waals surface area contributed by atoms with Crippen molar-refractivity contribution >= 4 is 33.2 Å². The number of hydrogen-bond donors (Lipinski definition) is 3. The van der Waals surface area contributed by atoms with Crippen LogP contribution >= 0.6 is 0 Å². The minimum absolute atomic E-state index is 0.0476. The van der Waals surface area contributed by atoms with Crippen LogP contribution in [0.25, 0.3) is 0 Å². The lowest BCUT2D eigenvalue weighted by molar-refractivity contribution is 0.0949. The highest BCUT2D eigenvalue weighted by Crippen LogP contribution is 2.18. The first-order valence-corrected chi connectivity index (χ1v) is 10.8. The first-order valence-electron chi connectivity index (χ1n) is 9.19. The van der Waals surface area contributed by atoms with Crippen LogP contribution in [0, 0.1) is 0 Å². The summed E-state index contributed by atoms with van der Waals surface area (Å²) in [6.45, 7) is 1.76. The lowest BCUT2D eigenvalue weighted by Gasteiger charge is -2.12. The van der Waals surface area contributed by atoms with Gasteiger partial charge < -0.3 is 15.1 Å². The molecule has 156 valence electrons. The molecule has 3 rings (SSSR count). The van der Waals surface area contributed by atoms with Gasteiger partial charge in [-0.2, -0.15) is 0 Å². The first kappa shape index (κ1) is 21.1. The van der Waals surface area contributed by atoms with Gasteiger partial charge in [-0.3, -0.25) is 14.3 Å². The van der Waals surface area contributed by atoms with Crippen molar-refractivity contribution in [2.45, 2.75) is 13.5 Å². The van der Waals surface area contributed by atoms with Crippen molar-refractivity contribution in [1.82, 2.24) is 5.32 Å². The average Bonchev–Trinajstić information content (AvgIpc) is 3.26. The summed E-state index contributed by atoms with van der Waals surface area (Å²) in [6.07, 6.45) is 1.52. The van der Waals surface area contributed by atoms with E-state index in [1.165, 1.54) is 37.5 Å². The van der Waals surface area contributed by atoms with Crippen LogP contribution in [0.5, 0.6) is 0 Å². The van der Waals surface area contributed by atoms with Crippen molar-refractivity contribution in [2.75, 3.05) is 15.8 Å². The van der Waals surface area contributed by atoms with E-state index in [4.69, 9.17) is 4.42 Å². The molecule has 0 fully saturated rings. The van der Waals surface area contributed by atoms with Gasteiger partial charge in [-0.1, -0.05) is 12.1 Å². The maximum absolute atomic E-state index is 12.6. The Hall–Kier alpha value is -3.59. The SMILES string of the molecule is CCS(=O)(=O)Nc1ccc(C(=O)Nc2ccccc2C(=O)NCc2ccco2)cc1. The number of rotatable bonds is 8. The predicted octanol–water partition coefficient (Wildman–Crippen LogP) is 3.22. The number of benzene rings is 2. The number of para-hydroxylation sites is 1. The molecule has 1 aromatic heterocycles. The number of carbonyl (C=O) groups is 2. The van der Waals surface area contributed by atoms with E-state index < -0.39 is 15.9 Å². The molecule has 0 aliphatic carbocycles. The van der Waals surface area contributed by atoms with Crippen LogP contribution in [0.15, 0.2) is 71.3 Å². The van der Waals surface area contributed by atoms with Gasteiger partial charge in [0.25, 0.3) is 11.8 Å². The number of furan rings is 1. The summed E-state index contributed by atoms with van der Waals surface area (Å²) in [7, 11) is -3.39. The summed E-state index contributed by atoms with van der Waals surface area (Å²) in [5.74, 6) is -0.213. The molecule has 9 heteroatoms. The van der Waals surface area contributed by atoms with E-state index in [1.54, 1.807) is 36.4 Å². The van der Waals surface area contributed by atoms with Crippen molar-refractivity contribution in [3.05, 3.63) is 83.8 Å². The quantitative estimate of drug-likeness (QED) is 0.510. The molecule has 2 amide bonds. The number of anilines is 2. The molecule has 0 bridgehead atoms. The molecule has 2 aromatic carbocycles. The van der Waals surface area contributed by atoms with Crippen molar-refractivity contribution < 1.29 is 22.4 Å². The molecule has 8 nitrogen and oxygen atoms in total. The maximum atomic E-state index is 12.6. The molecule has 0 saturated carbocycles. The summed E-state index contributed by atoms with van der Waals surface area (Å²) < 4.78 is 30.9. The van der Waals surface area contributed by atoms with Crippen molar-refractivity contribution in [1.29, 1.82) is 0 Å². The Bertz CT molecular complexity index is 1120. The van der Waals surface area contributed by atoms with E-state index in [0.717, 1.165) is 0 Å². The zero-order chi connectivity index (χ0) is 21.6. The van der Waals surface area contributed by atoms with Gasteiger partial charge in [-0.25, -0.2) is 8.42 Å². The topological polar surface area (TPSA) is 118 Å². The van der Waals surface area contributed by atoms with Gasteiger partial charge in [0, 0.05) is 11.3 Å². The summed E-state index contributed by atoms with van der Waals surface area (Å²) in [5, 5.41) is 5.46. The van der Waals surface area contributed by atoms with Gasteiger partial charge in [-0.05, 0) is 55.5 Å². The standard InChI is InChI=1S/C21H21N3O5S/c1-2-30(27,28)24-16-11-9-15(10-12-16)20(25)23-19-8-4-3-7-18(19)21(26)22-14-17-6-5-13-29-17/h3-13,24H,2,14H2,1H3,(H,22,26)(H,23,25). The molecule has 0 aliphatic heterocycles. The van der Waals surface area contributed by atoms with Crippen LogP contribution < -0.4 is 15.4 Å². The summed E-state index contributed by atoms with van der Waals surface area (Å²) in [6, 6.07) is 16.1. The molecule has 3 aromatic rings. The van der Waals surface area contributed by atoms with Gasteiger partial charge in [0.1, 0.15) is 5.76 Å². The van der Waals surface area contributed by atoms with Crippen molar-refractivity contribution in [2.24, 2.45) is 0 Å². The largest absolute Gasteiger partial charge is 0.467 e. The number of nitrogens with one attached hydrogen (secondary N) is 3. The van der Waals surface area contributed by atoms with Crippen LogP contribution in [-0.4, -0.2) is 26.0 Å². The predicted molar refractivity (Wildman–Crippen MR) is 114 cm³/mol. The normalized spacial score (nSPS) is 11.0. The third-order valence-electron chi connectivity index (χ3n) is 4.22. The van der Waals surface area contributed by atoms with Crippen LogP contribution in [0.1, 0.15) is 33.4 Å². The Labute approximate surface area is 174 Å². The molecule has 30 heavy (non-hydrogen) atoms. The van der Waals surface area contributed by atoms with Gasteiger partial charge in [0.15, 0.2) is 0 Å². The Balaban J connectivity index is 1.68. The number of amides is 2. The molecular formula is C21H21N3O5S. The van der Waals surface area contributed by atoms with Crippen molar-refractivity contribution in [3.63, 3.8) is 0 Å². The minimum Gasteiger partial charge on any atom is -0.467 e. The highest BCUT2D eigenvalue weighted by Gasteiger charge is 2.15. The number of sulfonamides is 1. The van der Waals surface area contributed by atoms with Gasteiger partial charge in [-0.15, -0.1) is 0 Å². The second-order valence-electron chi connectivity index (χ2n) is 6.34. The zero-order valence-electron chi connectivity index (χ0n) is 16.2. The number of carbonyl (C=O) groups excluding carboxylic acids is 2. The van der Waals surface area contributed by atoms with E-state index in [9.17, 15) is 18.0 Å². The highest BCUT2D eigenvalue weighted by atomic mass is 32.2.